The van der Waals surface area contributed by atoms with Gasteiger partial charge in [0.1, 0.15) is 16.9 Å². The van der Waals surface area contributed by atoms with Gasteiger partial charge in [-0.1, -0.05) is 13.5 Å². The zero-order chi connectivity index (χ0) is 37.4. The van der Waals surface area contributed by atoms with Crippen LogP contribution in [0.25, 0.3) is 22.1 Å². The van der Waals surface area contributed by atoms with Crippen LogP contribution in [0.1, 0.15) is 76.8 Å². The van der Waals surface area contributed by atoms with E-state index in [1.54, 1.807) is 44.6 Å². The number of nitrogens with one attached hydrogen (secondary N) is 3. The van der Waals surface area contributed by atoms with Gasteiger partial charge in [-0.2, -0.15) is 10.2 Å². The molecule has 5 heterocycles. The second-order valence-electron chi connectivity index (χ2n) is 12.9. The third-order valence-electron chi connectivity index (χ3n) is 9.26. The molecule has 0 atom stereocenters. The molecular weight excluding hydrogens is 690 g/mol. The SMILES string of the molecule is C.CCn1nc(C)cc1C(=O)Nc1nc2cc(C(N)=O)ccc2n1CCCCn1c(NC(=O)c2cc(C)nn2CC)nc2c(N3CNCC3=O)cccc21. The molecule has 2 aromatic carbocycles. The van der Waals surface area contributed by atoms with Gasteiger partial charge in [0.2, 0.25) is 23.7 Å². The van der Waals surface area contributed by atoms with Gasteiger partial charge in [-0.3, -0.25) is 49.4 Å². The number of amides is 4. The molecule has 1 saturated heterocycles. The number of imidazole rings is 2. The first kappa shape index (κ1) is 37.4. The molecule has 0 bridgehead atoms. The van der Waals surface area contributed by atoms with Crippen molar-refractivity contribution >= 4 is 63.3 Å². The van der Waals surface area contributed by atoms with E-state index >= 15 is 0 Å². The molecule has 7 rings (SSSR count). The van der Waals surface area contributed by atoms with Crippen molar-refractivity contribution in [3.05, 3.63) is 76.9 Å². The van der Waals surface area contributed by atoms with Crippen molar-refractivity contribution in [3.63, 3.8) is 0 Å². The summed E-state index contributed by atoms with van der Waals surface area (Å²) in [7, 11) is 0. The van der Waals surface area contributed by atoms with Gasteiger partial charge in [0.05, 0.1) is 46.8 Å². The summed E-state index contributed by atoms with van der Waals surface area (Å²) in [6, 6.07) is 14.1. The number of anilines is 3. The lowest BCUT2D eigenvalue weighted by Crippen LogP contribution is -2.25. The minimum Gasteiger partial charge on any atom is -0.366 e. The standard InChI is InChI=1S/C36H41N13O4.CH4/c1-5-48-28(16-21(3)43-48)33(52)41-35-39-24-18-23(32(37)51)12-13-25(24)45(35)14-7-8-15-46-26-10-9-11-27(47-20-38-19-30(47)50)31(26)40-36(46)42-34(53)29-17-22(4)44-49(29)6-2;/h9-13,16-18,38H,5-8,14-15,19-20H2,1-4H3,(H2,37,51)(H,39,41,52)(H,40,42,53);1H4. The molecule has 17 heteroatoms. The van der Waals surface area contributed by atoms with Gasteiger partial charge < -0.3 is 14.9 Å². The van der Waals surface area contributed by atoms with Gasteiger partial charge in [0.25, 0.3) is 11.8 Å². The topological polar surface area (TPSA) is 205 Å². The molecule has 282 valence electrons. The Morgan fingerprint density at radius 1 is 0.815 bits per heavy atom. The number of fused-ring (bicyclic) bond motifs is 2. The summed E-state index contributed by atoms with van der Waals surface area (Å²) in [4.78, 5) is 62.9. The maximum atomic E-state index is 13.6. The van der Waals surface area contributed by atoms with Crippen molar-refractivity contribution in [2.24, 2.45) is 5.73 Å². The summed E-state index contributed by atoms with van der Waals surface area (Å²) in [5.74, 6) is -0.664. The van der Waals surface area contributed by atoms with Crippen LogP contribution < -0.4 is 26.6 Å². The molecule has 17 nitrogen and oxygen atoms in total. The number of nitrogens with zero attached hydrogens (tertiary/aromatic N) is 9. The molecule has 0 aliphatic carbocycles. The van der Waals surface area contributed by atoms with Crippen LogP contribution in [0.5, 0.6) is 0 Å². The van der Waals surface area contributed by atoms with Crippen LogP contribution in [0.15, 0.2) is 48.5 Å². The van der Waals surface area contributed by atoms with Crippen LogP contribution in [0.3, 0.4) is 0 Å². The molecular formula is C37H45N13O4. The van der Waals surface area contributed by atoms with Crippen molar-refractivity contribution in [2.45, 2.75) is 74.1 Å². The zero-order valence-electron chi connectivity index (χ0n) is 30.0. The van der Waals surface area contributed by atoms with Crippen LogP contribution in [-0.4, -0.2) is 75.5 Å². The summed E-state index contributed by atoms with van der Waals surface area (Å²) in [5.41, 5.74) is 11.4. The van der Waals surface area contributed by atoms with E-state index in [1.165, 1.54) is 0 Å². The van der Waals surface area contributed by atoms with Crippen LogP contribution in [-0.2, 0) is 31.0 Å². The van der Waals surface area contributed by atoms with Gasteiger partial charge >= 0.3 is 0 Å². The van der Waals surface area contributed by atoms with Crippen LogP contribution in [0.4, 0.5) is 17.6 Å². The minimum absolute atomic E-state index is 0. The van der Waals surface area contributed by atoms with E-state index in [9.17, 15) is 19.2 Å². The van der Waals surface area contributed by atoms with E-state index in [-0.39, 0.29) is 31.7 Å². The van der Waals surface area contributed by atoms with E-state index in [1.807, 2.05) is 55.0 Å². The largest absolute Gasteiger partial charge is 0.366 e. The highest BCUT2D eigenvalue weighted by atomic mass is 16.2. The summed E-state index contributed by atoms with van der Waals surface area (Å²) < 4.78 is 7.14. The van der Waals surface area contributed by atoms with Gasteiger partial charge in [-0.05, 0) is 83.0 Å². The first-order chi connectivity index (χ1) is 25.6. The Kier molecular flexibility index (Phi) is 10.6. The van der Waals surface area contributed by atoms with Crippen LogP contribution in [0.2, 0.25) is 0 Å². The molecule has 5 N–H and O–H groups in total. The predicted octanol–water partition coefficient (Wildman–Crippen LogP) is 4.05. The number of carbonyl (C=O) groups is 4. The number of hydrogen-bond acceptors (Lipinski definition) is 9. The number of nitrogens with two attached hydrogens (primary N) is 1. The second-order valence-corrected chi connectivity index (χ2v) is 12.9. The molecule has 4 aromatic heterocycles. The fraction of sp³-hybridized carbons (Fsp3) is 0.351. The smallest absolute Gasteiger partial charge is 0.276 e. The fourth-order valence-electron chi connectivity index (χ4n) is 6.76. The fourth-order valence-corrected chi connectivity index (χ4v) is 6.76. The zero-order valence-corrected chi connectivity index (χ0v) is 30.0. The maximum Gasteiger partial charge on any atom is 0.276 e. The van der Waals surface area contributed by atoms with Crippen molar-refractivity contribution in [1.29, 1.82) is 0 Å². The summed E-state index contributed by atoms with van der Waals surface area (Å²) in [6.45, 7) is 10.1. The van der Waals surface area contributed by atoms with Gasteiger partial charge in [0.15, 0.2) is 0 Å². The van der Waals surface area contributed by atoms with Crippen molar-refractivity contribution in [1.82, 2.24) is 44.0 Å². The summed E-state index contributed by atoms with van der Waals surface area (Å²) in [5, 5.41) is 17.9. The summed E-state index contributed by atoms with van der Waals surface area (Å²) >= 11 is 0. The Bertz CT molecular complexity index is 2400. The number of hydrogen-bond donors (Lipinski definition) is 4. The van der Waals surface area contributed by atoms with Crippen LogP contribution >= 0.6 is 0 Å². The Labute approximate surface area is 311 Å². The number of aromatic nitrogens is 8. The monoisotopic (exact) mass is 735 g/mol. The predicted molar refractivity (Wildman–Crippen MR) is 205 cm³/mol. The Morgan fingerprint density at radius 2 is 1.41 bits per heavy atom. The number of para-hydroxylation sites is 1. The molecule has 4 amide bonds. The van der Waals surface area contributed by atoms with Crippen molar-refractivity contribution in [2.75, 3.05) is 28.7 Å². The van der Waals surface area contributed by atoms with Gasteiger partial charge in [-0.15, -0.1) is 0 Å². The first-order valence-electron chi connectivity index (χ1n) is 17.6. The molecule has 0 spiro atoms. The van der Waals surface area contributed by atoms with E-state index in [0.717, 1.165) is 22.4 Å². The Balaban J connectivity index is 0.00000497. The van der Waals surface area contributed by atoms with Gasteiger partial charge in [-0.25, -0.2) is 9.97 Å². The highest BCUT2D eigenvalue weighted by Crippen LogP contribution is 2.31. The molecule has 1 fully saturated rings. The lowest BCUT2D eigenvalue weighted by Gasteiger charge is -2.15. The minimum atomic E-state index is -0.576. The van der Waals surface area contributed by atoms with E-state index in [2.05, 4.69) is 31.1 Å². The molecule has 1 aliphatic heterocycles. The number of unbranched alkanes of at least 4 members (excludes halogenated alkanes) is 1. The molecule has 6 aromatic rings. The average molecular weight is 736 g/mol. The molecule has 54 heavy (non-hydrogen) atoms. The number of primary amides is 1. The van der Waals surface area contributed by atoms with Gasteiger partial charge in [0, 0.05) is 31.7 Å². The summed E-state index contributed by atoms with van der Waals surface area (Å²) in [6.07, 6.45) is 1.28. The number of aryl methyl sites for hydroxylation is 6. The first-order valence-corrected chi connectivity index (χ1v) is 17.6. The molecule has 0 radical (unpaired) electrons. The molecule has 1 aliphatic rings. The van der Waals surface area contributed by atoms with Crippen LogP contribution in [0, 0.1) is 13.8 Å². The highest BCUT2D eigenvalue weighted by Gasteiger charge is 2.26. The third-order valence-corrected chi connectivity index (χ3v) is 9.26. The number of carbonyl (C=O) groups excluding carboxylic acids is 4. The Morgan fingerprint density at radius 3 is 1.96 bits per heavy atom. The van der Waals surface area contributed by atoms with E-state index in [4.69, 9.17) is 10.7 Å². The highest BCUT2D eigenvalue weighted by molar-refractivity contribution is 6.06. The van der Waals surface area contributed by atoms with Crippen molar-refractivity contribution < 1.29 is 19.2 Å². The number of rotatable bonds is 13. The lowest BCUT2D eigenvalue weighted by molar-refractivity contribution is -0.116. The quantitative estimate of drug-likeness (QED) is 0.126. The molecule has 0 unspecified atom stereocenters. The third kappa shape index (κ3) is 7.04. The normalized spacial score (nSPS) is 12.8. The van der Waals surface area contributed by atoms with E-state index in [0.29, 0.717) is 91.3 Å². The Hall–Kier alpha value is -6.36. The van der Waals surface area contributed by atoms with Crippen molar-refractivity contribution in [3.8, 4) is 0 Å². The molecule has 0 saturated carbocycles. The van der Waals surface area contributed by atoms with E-state index < -0.39 is 5.91 Å². The number of benzene rings is 2. The average Bonchev–Trinajstić information content (AvgIpc) is 3.96. The lowest BCUT2D eigenvalue weighted by atomic mass is 10.2. The maximum absolute atomic E-state index is 13.6. The second kappa shape index (κ2) is 15.3.